The molecule has 0 spiro atoms. The molecule has 0 unspecified atom stereocenters. The Balaban J connectivity index is 2.45. The standard InChI is InChI=1S/C14H12N2O2/c17-15-13(11-7-3-1-4-8-11)14(16-18)12-9-5-2-6-10-12/h1-10,17-18H. The number of hydrogen-bond acceptors (Lipinski definition) is 4. The highest BCUT2D eigenvalue weighted by Gasteiger charge is 2.15. The van der Waals surface area contributed by atoms with E-state index in [4.69, 9.17) is 10.4 Å². The highest BCUT2D eigenvalue weighted by molar-refractivity contribution is 6.53. The van der Waals surface area contributed by atoms with E-state index >= 15 is 0 Å². The van der Waals surface area contributed by atoms with E-state index in [0.29, 0.717) is 11.1 Å². The molecule has 4 nitrogen and oxygen atoms in total. The summed E-state index contributed by atoms with van der Waals surface area (Å²) in [6, 6.07) is 18.1. The highest BCUT2D eigenvalue weighted by atomic mass is 16.4. The van der Waals surface area contributed by atoms with Gasteiger partial charge in [-0.05, 0) is 0 Å². The Morgan fingerprint density at radius 2 is 0.944 bits per heavy atom. The molecule has 0 saturated carbocycles. The third kappa shape index (κ3) is 2.38. The molecular formula is C14H12N2O2. The third-order valence-electron chi connectivity index (χ3n) is 2.52. The second-order valence-corrected chi connectivity index (χ2v) is 3.63. The van der Waals surface area contributed by atoms with E-state index in [0.717, 1.165) is 0 Å². The van der Waals surface area contributed by atoms with E-state index in [9.17, 15) is 0 Å². The molecule has 0 fully saturated rings. The van der Waals surface area contributed by atoms with Gasteiger partial charge in [0.25, 0.3) is 0 Å². The molecule has 2 aromatic carbocycles. The van der Waals surface area contributed by atoms with Gasteiger partial charge in [-0.1, -0.05) is 71.0 Å². The fourth-order valence-corrected chi connectivity index (χ4v) is 1.68. The first-order valence-corrected chi connectivity index (χ1v) is 5.42. The maximum atomic E-state index is 9.14. The Morgan fingerprint density at radius 1 is 0.611 bits per heavy atom. The summed E-state index contributed by atoms with van der Waals surface area (Å²) in [7, 11) is 0. The summed E-state index contributed by atoms with van der Waals surface area (Å²) in [5, 5.41) is 24.7. The molecule has 2 aromatic rings. The van der Waals surface area contributed by atoms with Crippen molar-refractivity contribution in [1.82, 2.24) is 0 Å². The molecule has 2 rings (SSSR count). The fraction of sp³-hybridized carbons (Fsp3) is 0. The van der Waals surface area contributed by atoms with E-state index < -0.39 is 0 Å². The summed E-state index contributed by atoms with van der Waals surface area (Å²) in [5.74, 6) is 0. The molecule has 0 aromatic heterocycles. The molecule has 2 N–H and O–H groups in total. The second kappa shape index (κ2) is 5.63. The Kier molecular flexibility index (Phi) is 3.71. The molecule has 0 radical (unpaired) electrons. The normalized spacial score (nSPS) is 12.4. The van der Waals surface area contributed by atoms with Crippen LogP contribution in [0.15, 0.2) is 71.0 Å². The van der Waals surface area contributed by atoms with Gasteiger partial charge in [-0.15, -0.1) is 0 Å². The molecule has 90 valence electrons. The minimum Gasteiger partial charge on any atom is -0.410 e. The van der Waals surface area contributed by atoms with E-state index in [1.54, 1.807) is 24.3 Å². The van der Waals surface area contributed by atoms with Crippen molar-refractivity contribution in [3.05, 3.63) is 71.8 Å². The Labute approximate surface area is 105 Å². The fourth-order valence-electron chi connectivity index (χ4n) is 1.68. The molecule has 0 heterocycles. The molecule has 0 bridgehead atoms. The molecule has 0 aliphatic heterocycles. The van der Waals surface area contributed by atoms with Gasteiger partial charge in [0.05, 0.1) is 0 Å². The summed E-state index contributed by atoms with van der Waals surface area (Å²) in [4.78, 5) is 0. The maximum absolute atomic E-state index is 9.14. The van der Waals surface area contributed by atoms with Gasteiger partial charge in [-0.3, -0.25) is 0 Å². The monoisotopic (exact) mass is 240 g/mol. The summed E-state index contributed by atoms with van der Waals surface area (Å²) < 4.78 is 0. The van der Waals surface area contributed by atoms with Crippen LogP contribution in [0.25, 0.3) is 0 Å². The van der Waals surface area contributed by atoms with Gasteiger partial charge in [0.1, 0.15) is 11.4 Å². The number of nitrogens with zero attached hydrogens (tertiary/aromatic N) is 2. The van der Waals surface area contributed by atoms with Crippen LogP contribution in [0.1, 0.15) is 11.1 Å². The molecule has 0 amide bonds. The Morgan fingerprint density at radius 3 is 1.22 bits per heavy atom. The van der Waals surface area contributed by atoms with E-state index in [-0.39, 0.29) is 11.4 Å². The summed E-state index contributed by atoms with van der Waals surface area (Å²) in [6.07, 6.45) is 0. The van der Waals surface area contributed by atoms with E-state index in [2.05, 4.69) is 10.3 Å². The van der Waals surface area contributed by atoms with Crippen LogP contribution >= 0.6 is 0 Å². The molecule has 0 aliphatic rings. The largest absolute Gasteiger partial charge is 0.410 e. The summed E-state index contributed by atoms with van der Waals surface area (Å²) in [5.41, 5.74) is 1.81. The Hall–Kier alpha value is -2.62. The van der Waals surface area contributed by atoms with Crippen molar-refractivity contribution in [3.8, 4) is 0 Å². The van der Waals surface area contributed by atoms with E-state index in [1.807, 2.05) is 36.4 Å². The van der Waals surface area contributed by atoms with Crippen LogP contribution in [0.4, 0.5) is 0 Å². The van der Waals surface area contributed by atoms with Gasteiger partial charge < -0.3 is 10.4 Å². The zero-order chi connectivity index (χ0) is 12.8. The van der Waals surface area contributed by atoms with Crippen LogP contribution in [0.3, 0.4) is 0 Å². The van der Waals surface area contributed by atoms with Gasteiger partial charge in [-0.2, -0.15) is 0 Å². The zero-order valence-corrected chi connectivity index (χ0v) is 9.56. The lowest BCUT2D eigenvalue weighted by atomic mass is 10.0. The highest BCUT2D eigenvalue weighted by Crippen LogP contribution is 2.09. The minimum absolute atomic E-state index is 0.226. The zero-order valence-electron chi connectivity index (χ0n) is 9.56. The first-order valence-electron chi connectivity index (χ1n) is 5.42. The van der Waals surface area contributed by atoms with E-state index in [1.165, 1.54) is 0 Å². The van der Waals surface area contributed by atoms with Crippen molar-refractivity contribution in [3.63, 3.8) is 0 Å². The predicted molar refractivity (Wildman–Crippen MR) is 69.5 cm³/mol. The molecule has 0 saturated heterocycles. The number of hydrogen-bond donors (Lipinski definition) is 2. The predicted octanol–water partition coefficient (Wildman–Crippen LogP) is 2.74. The summed E-state index contributed by atoms with van der Waals surface area (Å²) in [6.45, 7) is 0. The third-order valence-corrected chi connectivity index (χ3v) is 2.52. The minimum atomic E-state index is 0.226. The van der Waals surface area contributed by atoms with Crippen LogP contribution in [-0.4, -0.2) is 21.8 Å². The smallest absolute Gasteiger partial charge is 0.139 e. The van der Waals surface area contributed by atoms with Crippen LogP contribution in [0.2, 0.25) is 0 Å². The lowest BCUT2D eigenvalue weighted by Crippen LogP contribution is -2.17. The average molecular weight is 240 g/mol. The van der Waals surface area contributed by atoms with Gasteiger partial charge in [0, 0.05) is 11.1 Å². The van der Waals surface area contributed by atoms with Crippen molar-refractivity contribution in [1.29, 1.82) is 0 Å². The van der Waals surface area contributed by atoms with Crippen molar-refractivity contribution >= 4 is 11.4 Å². The molecule has 4 heteroatoms. The van der Waals surface area contributed by atoms with Crippen molar-refractivity contribution in [2.75, 3.05) is 0 Å². The first kappa shape index (κ1) is 11.9. The number of benzene rings is 2. The van der Waals surface area contributed by atoms with Gasteiger partial charge in [0.15, 0.2) is 0 Å². The topological polar surface area (TPSA) is 65.2 Å². The molecular weight excluding hydrogens is 228 g/mol. The van der Waals surface area contributed by atoms with Gasteiger partial charge in [0.2, 0.25) is 0 Å². The SMILES string of the molecule is ON=C(C(=NO)c1ccccc1)c1ccccc1. The molecule has 0 atom stereocenters. The maximum Gasteiger partial charge on any atom is 0.139 e. The lowest BCUT2D eigenvalue weighted by Gasteiger charge is -2.06. The second-order valence-electron chi connectivity index (χ2n) is 3.63. The number of rotatable bonds is 3. The average Bonchev–Trinajstić information content (AvgIpc) is 2.46. The van der Waals surface area contributed by atoms with Crippen LogP contribution in [0.5, 0.6) is 0 Å². The van der Waals surface area contributed by atoms with Crippen molar-refractivity contribution in [2.24, 2.45) is 10.3 Å². The van der Waals surface area contributed by atoms with Gasteiger partial charge in [-0.25, -0.2) is 0 Å². The Bertz CT molecular complexity index is 509. The van der Waals surface area contributed by atoms with Crippen molar-refractivity contribution < 1.29 is 10.4 Å². The van der Waals surface area contributed by atoms with Crippen LogP contribution < -0.4 is 0 Å². The number of oxime groups is 2. The van der Waals surface area contributed by atoms with Crippen molar-refractivity contribution in [2.45, 2.75) is 0 Å². The van der Waals surface area contributed by atoms with Crippen LogP contribution in [0, 0.1) is 0 Å². The quantitative estimate of drug-likeness (QED) is 0.492. The lowest BCUT2D eigenvalue weighted by molar-refractivity contribution is 0.314. The molecule has 18 heavy (non-hydrogen) atoms. The first-order chi connectivity index (χ1) is 8.86. The van der Waals surface area contributed by atoms with Crippen LogP contribution in [-0.2, 0) is 0 Å². The molecule has 0 aliphatic carbocycles. The van der Waals surface area contributed by atoms with Gasteiger partial charge >= 0.3 is 0 Å². The summed E-state index contributed by atoms with van der Waals surface area (Å²) >= 11 is 0.